The Labute approximate surface area is 122 Å². The van der Waals surface area contributed by atoms with Crippen molar-refractivity contribution in [2.45, 2.75) is 32.4 Å². The first kappa shape index (κ1) is 15.4. The van der Waals surface area contributed by atoms with E-state index in [9.17, 15) is 0 Å². The SMILES string of the molecule is CC(N)C1CCCN(Cc2ccc(Br)s2)C1.Cl. The van der Waals surface area contributed by atoms with E-state index in [2.05, 4.69) is 39.9 Å². The first-order valence-corrected chi connectivity index (χ1v) is 7.48. The number of thiophene rings is 1. The van der Waals surface area contributed by atoms with Crippen LogP contribution in [0.3, 0.4) is 0 Å². The van der Waals surface area contributed by atoms with Gasteiger partial charge in [0.05, 0.1) is 3.79 Å². The lowest BCUT2D eigenvalue weighted by Gasteiger charge is -2.34. The van der Waals surface area contributed by atoms with Gasteiger partial charge in [0.2, 0.25) is 0 Å². The molecular formula is C12H20BrClN2S. The third kappa shape index (κ3) is 4.52. The Kier molecular flexibility index (Phi) is 6.45. The van der Waals surface area contributed by atoms with Gasteiger partial charge in [-0.3, -0.25) is 4.90 Å². The number of rotatable bonds is 3. The fourth-order valence-corrected chi connectivity index (χ4v) is 3.85. The van der Waals surface area contributed by atoms with E-state index < -0.39 is 0 Å². The van der Waals surface area contributed by atoms with Gasteiger partial charge in [-0.15, -0.1) is 23.7 Å². The zero-order valence-corrected chi connectivity index (χ0v) is 13.3. The van der Waals surface area contributed by atoms with Crippen LogP contribution in [0.2, 0.25) is 0 Å². The number of hydrogen-bond donors (Lipinski definition) is 1. The quantitative estimate of drug-likeness (QED) is 0.913. The molecule has 98 valence electrons. The van der Waals surface area contributed by atoms with Crippen LogP contribution in [0.1, 0.15) is 24.6 Å². The molecule has 1 aliphatic rings. The van der Waals surface area contributed by atoms with Crippen LogP contribution in [0.25, 0.3) is 0 Å². The van der Waals surface area contributed by atoms with Crippen molar-refractivity contribution in [2.24, 2.45) is 11.7 Å². The molecule has 0 aromatic carbocycles. The molecule has 2 N–H and O–H groups in total. The van der Waals surface area contributed by atoms with Crippen LogP contribution >= 0.6 is 39.7 Å². The Morgan fingerprint density at radius 2 is 2.35 bits per heavy atom. The van der Waals surface area contributed by atoms with Crippen LogP contribution < -0.4 is 5.73 Å². The molecular weight excluding hydrogens is 320 g/mol. The summed E-state index contributed by atoms with van der Waals surface area (Å²) in [5.74, 6) is 0.678. The van der Waals surface area contributed by atoms with Gasteiger partial charge in [-0.2, -0.15) is 0 Å². The Morgan fingerprint density at radius 1 is 1.59 bits per heavy atom. The predicted molar refractivity (Wildman–Crippen MR) is 80.9 cm³/mol. The second-order valence-electron chi connectivity index (χ2n) is 4.70. The highest BCUT2D eigenvalue weighted by molar-refractivity contribution is 9.11. The molecule has 0 spiro atoms. The molecule has 2 nitrogen and oxygen atoms in total. The van der Waals surface area contributed by atoms with E-state index in [1.54, 1.807) is 0 Å². The summed E-state index contributed by atoms with van der Waals surface area (Å²) in [6, 6.07) is 4.68. The Bertz CT molecular complexity index is 343. The van der Waals surface area contributed by atoms with Gasteiger partial charge in [-0.1, -0.05) is 0 Å². The Balaban J connectivity index is 0.00000144. The highest BCUT2D eigenvalue weighted by Gasteiger charge is 2.22. The van der Waals surface area contributed by atoms with Crippen molar-refractivity contribution in [3.8, 4) is 0 Å². The third-order valence-corrected chi connectivity index (χ3v) is 4.90. The van der Waals surface area contributed by atoms with Crippen LogP contribution in [0.15, 0.2) is 15.9 Å². The molecule has 1 aromatic heterocycles. The highest BCUT2D eigenvalue weighted by atomic mass is 79.9. The molecule has 0 saturated carbocycles. The van der Waals surface area contributed by atoms with Gasteiger partial charge in [-0.05, 0) is 60.3 Å². The van der Waals surface area contributed by atoms with Crippen molar-refractivity contribution in [1.82, 2.24) is 4.90 Å². The average molecular weight is 340 g/mol. The van der Waals surface area contributed by atoms with Gasteiger partial charge in [0.15, 0.2) is 0 Å². The minimum Gasteiger partial charge on any atom is -0.328 e. The molecule has 0 radical (unpaired) electrons. The molecule has 17 heavy (non-hydrogen) atoms. The molecule has 2 heterocycles. The Morgan fingerprint density at radius 3 is 2.94 bits per heavy atom. The molecule has 1 aromatic rings. The number of hydrogen-bond acceptors (Lipinski definition) is 3. The third-order valence-electron chi connectivity index (χ3n) is 3.29. The topological polar surface area (TPSA) is 29.3 Å². The number of likely N-dealkylation sites (tertiary alicyclic amines) is 1. The van der Waals surface area contributed by atoms with E-state index >= 15 is 0 Å². The smallest absolute Gasteiger partial charge is 0.0701 e. The van der Waals surface area contributed by atoms with Crippen molar-refractivity contribution in [3.63, 3.8) is 0 Å². The van der Waals surface area contributed by atoms with Crippen LogP contribution in [0.4, 0.5) is 0 Å². The van der Waals surface area contributed by atoms with Crippen molar-refractivity contribution < 1.29 is 0 Å². The minimum atomic E-state index is 0. The molecule has 1 fully saturated rings. The lowest BCUT2D eigenvalue weighted by Crippen LogP contribution is -2.41. The lowest BCUT2D eigenvalue weighted by atomic mass is 9.92. The summed E-state index contributed by atoms with van der Waals surface area (Å²) in [5, 5.41) is 0. The normalized spacial score (nSPS) is 23.1. The van der Waals surface area contributed by atoms with Crippen LogP contribution in [-0.2, 0) is 6.54 Å². The van der Waals surface area contributed by atoms with E-state index in [1.165, 1.54) is 28.0 Å². The zero-order chi connectivity index (χ0) is 11.5. The molecule has 0 aliphatic carbocycles. The molecule has 2 unspecified atom stereocenters. The second kappa shape index (κ2) is 7.10. The largest absolute Gasteiger partial charge is 0.328 e. The summed E-state index contributed by atoms with van der Waals surface area (Å²) in [7, 11) is 0. The van der Waals surface area contributed by atoms with Gasteiger partial charge in [0, 0.05) is 24.0 Å². The van der Waals surface area contributed by atoms with E-state index in [0.717, 1.165) is 13.1 Å². The van der Waals surface area contributed by atoms with Crippen LogP contribution in [0, 0.1) is 5.92 Å². The van der Waals surface area contributed by atoms with Crippen LogP contribution in [-0.4, -0.2) is 24.0 Å². The van der Waals surface area contributed by atoms with Gasteiger partial charge >= 0.3 is 0 Å². The summed E-state index contributed by atoms with van der Waals surface area (Å²) in [6.45, 7) is 5.60. The van der Waals surface area contributed by atoms with E-state index in [4.69, 9.17) is 5.73 Å². The molecule has 0 amide bonds. The Hall–Kier alpha value is 0.390. The van der Waals surface area contributed by atoms with Crippen molar-refractivity contribution >= 4 is 39.7 Å². The van der Waals surface area contributed by atoms with E-state index in [0.29, 0.717) is 12.0 Å². The fraction of sp³-hybridized carbons (Fsp3) is 0.667. The van der Waals surface area contributed by atoms with E-state index in [-0.39, 0.29) is 12.4 Å². The standard InChI is InChI=1S/C12H19BrN2S.ClH/c1-9(14)10-3-2-6-15(7-10)8-11-4-5-12(13)16-11;/h4-5,9-10H,2-3,6-8,14H2,1H3;1H. The molecule has 0 bridgehead atoms. The maximum Gasteiger partial charge on any atom is 0.0701 e. The number of nitrogens with two attached hydrogens (primary N) is 1. The van der Waals surface area contributed by atoms with Gasteiger partial charge in [0.1, 0.15) is 0 Å². The molecule has 1 saturated heterocycles. The first-order valence-electron chi connectivity index (χ1n) is 5.87. The van der Waals surface area contributed by atoms with Gasteiger partial charge in [-0.25, -0.2) is 0 Å². The maximum absolute atomic E-state index is 6.00. The highest BCUT2D eigenvalue weighted by Crippen LogP contribution is 2.26. The number of halogens is 2. The van der Waals surface area contributed by atoms with Crippen molar-refractivity contribution in [3.05, 3.63) is 20.8 Å². The van der Waals surface area contributed by atoms with Crippen molar-refractivity contribution in [2.75, 3.05) is 13.1 Å². The summed E-state index contributed by atoms with van der Waals surface area (Å²) in [6.07, 6.45) is 2.58. The fourth-order valence-electron chi connectivity index (χ4n) is 2.32. The van der Waals surface area contributed by atoms with Crippen LogP contribution in [0.5, 0.6) is 0 Å². The maximum atomic E-state index is 6.00. The average Bonchev–Trinajstić information content (AvgIpc) is 2.64. The predicted octanol–water partition coefficient (Wildman–Crippen LogP) is 3.49. The number of piperidine rings is 1. The molecule has 5 heteroatoms. The minimum absolute atomic E-state index is 0. The second-order valence-corrected chi connectivity index (χ2v) is 7.25. The van der Waals surface area contributed by atoms with Crippen molar-refractivity contribution in [1.29, 1.82) is 0 Å². The lowest BCUT2D eigenvalue weighted by molar-refractivity contribution is 0.155. The number of nitrogens with zero attached hydrogens (tertiary/aromatic N) is 1. The molecule has 2 atom stereocenters. The summed E-state index contributed by atoms with van der Waals surface area (Å²) in [5.41, 5.74) is 6.00. The zero-order valence-electron chi connectivity index (χ0n) is 10.1. The summed E-state index contributed by atoms with van der Waals surface area (Å²) in [4.78, 5) is 3.98. The summed E-state index contributed by atoms with van der Waals surface area (Å²) >= 11 is 5.35. The van der Waals surface area contributed by atoms with Gasteiger partial charge < -0.3 is 5.73 Å². The molecule has 2 rings (SSSR count). The first-order chi connectivity index (χ1) is 7.65. The van der Waals surface area contributed by atoms with Gasteiger partial charge in [0.25, 0.3) is 0 Å². The summed E-state index contributed by atoms with van der Waals surface area (Å²) < 4.78 is 1.23. The molecule has 1 aliphatic heterocycles. The van der Waals surface area contributed by atoms with E-state index in [1.807, 2.05) is 11.3 Å². The monoisotopic (exact) mass is 338 g/mol.